The molecule has 0 unspecified atom stereocenters. The first-order valence-electron chi connectivity index (χ1n) is 5.65. The van der Waals surface area contributed by atoms with Crippen molar-refractivity contribution in [3.8, 4) is 11.5 Å². The number of para-hydroxylation sites is 1. The summed E-state index contributed by atoms with van der Waals surface area (Å²) in [5.74, 6) is -2.89. The maximum absolute atomic E-state index is 12.0. The van der Waals surface area contributed by atoms with Gasteiger partial charge in [0, 0.05) is 11.9 Å². The lowest BCUT2D eigenvalue weighted by molar-refractivity contribution is 0.0697. The van der Waals surface area contributed by atoms with Crippen LogP contribution >= 0.6 is 0 Å². The molecule has 0 saturated carbocycles. The number of phenolic OH excluding ortho intramolecular Hbond substituents is 2. The molecule has 0 aliphatic heterocycles. The summed E-state index contributed by atoms with van der Waals surface area (Å²) in [5, 5.41) is 30.4. The molecule has 0 bridgehead atoms. The average Bonchev–Trinajstić information content (AvgIpc) is 2.73. The molecular formula is C13H12N2O5. The standard InChI is InChI=1S/C13H12N2O5/c1-6-10(13(19)20)8(5-14-6)15-12(18)7-3-2-4-9(16)11(7)17/h2-5,14,16-17H,1H3,(H,15,18)(H,19,20). The van der Waals surface area contributed by atoms with E-state index in [4.69, 9.17) is 5.11 Å². The Hall–Kier alpha value is -2.96. The second kappa shape index (κ2) is 4.96. The monoisotopic (exact) mass is 276 g/mol. The zero-order valence-corrected chi connectivity index (χ0v) is 10.5. The molecule has 0 aliphatic carbocycles. The predicted octanol–water partition coefficient (Wildman–Crippen LogP) is 1.68. The van der Waals surface area contributed by atoms with Crippen LogP contribution in [0.3, 0.4) is 0 Å². The molecule has 0 radical (unpaired) electrons. The summed E-state index contributed by atoms with van der Waals surface area (Å²) in [7, 11) is 0. The van der Waals surface area contributed by atoms with Gasteiger partial charge in [-0.1, -0.05) is 6.07 Å². The lowest BCUT2D eigenvalue weighted by Crippen LogP contribution is -2.14. The fraction of sp³-hybridized carbons (Fsp3) is 0.0769. The number of carbonyl (C=O) groups excluding carboxylic acids is 1. The molecule has 1 aromatic carbocycles. The van der Waals surface area contributed by atoms with Gasteiger partial charge in [0.15, 0.2) is 11.5 Å². The van der Waals surface area contributed by atoms with Crippen LogP contribution in [0, 0.1) is 6.92 Å². The van der Waals surface area contributed by atoms with Crippen molar-refractivity contribution in [1.82, 2.24) is 4.98 Å². The second-order valence-corrected chi connectivity index (χ2v) is 4.13. The molecule has 104 valence electrons. The number of aromatic carboxylic acids is 1. The Morgan fingerprint density at radius 3 is 2.60 bits per heavy atom. The van der Waals surface area contributed by atoms with Gasteiger partial charge in [-0.2, -0.15) is 0 Å². The molecular weight excluding hydrogens is 264 g/mol. The normalized spacial score (nSPS) is 10.2. The van der Waals surface area contributed by atoms with E-state index in [2.05, 4.69) is 10.3 Å². The van der Waals surface area contributed by atoms with Gasteiger partial charge >= 0.3 is 5.97 Å². The van der Waals surface area contributed by atoms with E-state index in [1.165, 1.54) is 24.4 Å². The third kappa shape index (κ3) is 2.28. The number of rotatable bonds is 3. The van der Waals surface area contributed by atoms with Crippen molar-refractivity contribution in [2.45, 2.75) is 6.92 Å². The average molecular weight is 276 g/mol. The van der Waals surface area contributed by atoms with Crippen LogP contribution in [0.15, 0.2) is 24.4 Å². The largest absolute Gasteiger partial charge is 0.504 e. The Morgan fingerprint density at radius 1 is 1.25 bits per heavy atom. The van der Waals surface area contributed by atoms with E-state index in [9.17, 15) is 19.8 Å². The van der Waals surface area contributed by atoms with Crippen LogP contribution in [0.4, 0.5) is 5.69 Å². The maximum atomic E-state index is 12.0. The highest BCUT2D eigenvalue weighted by Crippen LogP contribution is 2.29. The Bertz CT molecular complexity index is 690. The smallest absolute Gasteiger partial charge is 0.339 e. The number of carboxylic acids is 1. The van der Waals surface area contributed by atoms with Crippen molar-refractivity contribution < 1.29 is 24.9 Å². The number of aromatic nitrogens is 1. The third-order valence-corrected chi connectivity index (χ3v) is 2.80. The van der Waals surface area contributed by atoms with Crippen molar-refractivity contribution in [3.05, 3.63) is 41.2 Å². The van der Waals surface area contributed by atoms with Gasteiger partial charge in [-0.15, -0.1) is 0 Å². The quantitative estimate of drug-likeness (QED) is 0.546. The summed E-state index contributed by atoms with van der Waals surface area (Å²) in [6, 6.07) is 3.93. The highest BCUT2D eigenvalue weighted by molar-refractivity contribution is 6.09. The summed E-state index contributed by atoms with van der Waals surface area (Å²) in [4.78, 5) is 25.8. The predicted molar refractivity (Wildman–Crippen MR) is 70.2 cm³/mol. The van der Waals surface area contributed by atoms with Gasteiger partial charge in [0.25, 0.3) is 5.91 Å². The topological polar surface area (TPSA) is 123 Å². The summed E-state index contributed by atoms with van der Waals surface area (Å²) < 4.78 is 0. The summed E-state index contributed by atoms with van der Waals surface area (Å²) in [6.07, 6.45) is 1.34. The highest BCUT2D eigenvalue weighted by atomic mass is 16.4. The molecule has 0 spiro atoms. The van der Waals surface area contributed by atoms with Gasteiger partial charge in [0.2, 0.25) is 0 Å². The maximum Gasteiger partial charge on any atom is 0.339 e. The minimum Gasteiger partial charge on any atom is -0.504 e. The molecule has 0 saturated heterocycles. The molecule has 0 atom stereocenters. The number of hydrogen-bond acceptors (Lipinski definition) is 4. The fourth-order valence-corrected chi connectivity index (χ4v) is 1.81. The molecule has 5 N–H and O–H groups in total. The van der Waals surface area contributed by atoms with E-state index in [1.807, 2.05) is 0 Å². The van der Waals surface area contributed by atoms with Gasteiger partial charge < -0.3 is 25.6 Å². The number of aromatic hydroxyl groups is 2. The number of hydrogen-bond donors (Lipinski definition) is 5. The number of carboxylic acid groups (broad SMARTS) is 1. The van der Waals surface area contributed by atoms with Gasteiger partial charge in [-0.3, -0.25) is 4.79 Å². The van der Waals surface area contributed by atoms with Crippen LogP contribution in [-0.4, -0.2) is 32.2 Å². The van der Waals surface area contributed by atoms with Crippen LogP contribution in [0.2, 0.25) is 0 Å². The number of benzene rings is 1. The molecule has 7 heteroatoms. The van der Waals surface area contributed by atoms with Gasteiger partial charge in [0.05, 0.1) is 11.3 Å². The Balaban J connectivity index is 2.33. The van der Waals surface area contributed by atoms with Crippen molar-refractivity contribution in [1.29, 1.82) is 0 Å². The van der Waals surface area contributed by atoms with Crippen molar-refractivity contribution >= 4 is 17.6 Å². The number of phenols is 2. The van der Waals surface area contributed by atoms with E-state index in [1.54, 1.807) is 6.92 Å². The third-order valence-electron chi connectivity index (χ3n) is 2.80. The van der Waals surface area contributed by atoms with Gasteiger partial charge in [-0.25, -0.2) is 4.79 Å². The van der Waals surface area contributed by atoms with Crippen LogP contribution in [-0.2, 0) is 0 Å². The summed E-state index contributed by atoms with van der Waals surface area (Å²) >= 11 is 0. The zero-order chi connectivity index (χ0) is 14.9. The van der Waals surface area contributed by atoms with Crippen LogP contribution < -0.4 is 5.32 Å². The highest BCUT2D eigenvalue weighted by Gasteiger charge is 2.20. The molecule has 2 rings (SSSR count). The molecule has 1 amide bonds. The van der Waals surface area contributed by atoms with Crippen molar-refractivity contribution in [2.75, 3.05) is 5.32 Å². The lowest BCUT2D eigenvalue weighted by Gasteiger charge is -2.07. The Kier molecular flexibility index (Phi) is 3.34. The van der Waals surface area contributed by atoms with E-state index in [-0.39, 0.29) is 16.8 Å². The summed E-state index contributed by atoms with van der Waals surface area (Å²) in [5.41, 5.74) is 0.272. The number of aryl methyl sites for hydroxylation is 1. The number of amides is 1. The van der Waals surface area contributed by atoms with E-state index >= 15 is 0 Å². The van der Waals surface area contributed by atoms with Crippen molar-refractivity contribution in [3.63, 3.8) is 0 Å². The lowest BCUT2D eigenvalue weighted by atomic mass is 10.1. The minimum absolute atomic E-state index is 0.0574. The molecule has 0 aliphatic rings. The SMILES string of the molecule is Cc1[nH]cc(NC(=O)c2cccc(O)c2O)c1C(=O)O. The molecule has 1 heterocycles. The number of aromatic amines is 1. The molecule has 2 aromatic rings. The van der Waals surface area contributed by atoms with Gasteiger partial charge in [-0.05, 0) is 19.1 Å². The first kappa shape index (κ1) is 13.5. The Morgan fingerprint density at radius 2 is 1.95 bits per heavy atom. The number of anilines is 1. The Labute approximate surface area is 113 Å². The summed E-state index contributed by atoms with van der Waals surface area (Å²) in [6.45, 7) is 1.56. The molecule has 20 heavy (non-hydrogen) atoms. The molecule has 1 aromatic heterocycles. The zero-order valence-electron chi connectivity index (χ0n) is 10.5. The van der Waals surface area contributed by atoms with Gasteiger partial charge in [0.1, 0.15) is 5.56 Å². The molecule has 7 nitrogen and oxygen atoms in total. The fourth-order valence-electron chi connectivity index (χ4n) is 1.81. The number of H-pyrrole nitrogens is 1. The second-order valence-electron chi connectivity index (χ2n) is 4.13. The molecule has 0 fully saturated rings. The first-order valence-corrected chi connectivity index (χ1v) is 5.65. The van der Waals surface area contributed by atoms with Crippen LogP contribution in [0.5, 0.6) is 11.5 Å². The number of carbonyl (C=O) groups is 2. The van der Waals surface area contributed by atoms with E-state index in [0.29, 0.717) is 5.69 Å². The van der Waals surface area contributed by atoms with Crippen LogP contribution in [0.25, 0.3) is 0 Å². The van der Waals surface area contributed by atoms with E-state index < -0.39 is 23.4 Å². The number of nitrogens with one attached hydrogen (secondary N) is 2. The first-order chi connectivity index (χ1) is 9.41. The van der Waals surface area contributed by atoms with Crippen LogP contribution in [0.1, 0.15) is 26.4 Å². The van der Waals surface area contributed by atoms with Crippen molar-refractivity contribution in [2.24, 2.45) is 0 Å². The van der Waals surface area contributed by atoms with E-state index in [0.717, 1.165) is 0 Å². The minimum atomic E-state index is -1.18.